The van der Waals surface area contributed by atoms with Crippen molar-refractivity contribution in [2.75, 3.05) is 36.5 Å². The van der Waals surface area contributed by atoms with Gasteiger partial charge in [-0.2, -0.15) is 0 Å². The van der Waals surface area contributed by atoms with Crippen molar-refractivity contribution in [2.45, 2.75) is 26.2 Å². The summed E-state index contributed by atoms with van der Waals surface area (Å²) in [6.07, 6.45) is 0. The molecule has 0 aliphatic carbocycles. The normalized spacial score (nSPS) is 15.1. The van der Waals surface area contributed by atoms with E-state index in [9.17, 15) is 4.79 Å². The first kappa shape index (κ1) is 17.5. The van der Waals surface area contributed by atoms with E-state index >= 15 is 0 Å². The average Bonchev–Trinajstić information content (AvgIpc) is 2.63. The highest BCUT2D eigenvalue weighted by Crippen LogP contribution is 2.30. The van der Waals surface area contributed by atoms with Crippen molar-refractivity contribution in [3.63, 3.8) is 0 Å². The molecule has 0 atom stereocenters. The average molecular weight is 338 g/mol. The third-order valence-corrected chi connectivity index (χ3v) is 4.84. The van der Waals surface area contributed by atoms with Gasteiger partial charge in [0.2, 0.25) is 5.91 Å². The van der Waals surface area contributed by atoms with Gasteiger partial charge in [0.1, 0.15) is 0 Å². The number of nitrogens with one attached hydrogen (secondary N) is 1. The van der Waals surface area contributed by atoms with Crippen LogP contribution in [0.3, 0.4) is 0 Å². The highest BCUT2D eigenvalue weighted by Gasteiger charge is 2.30. The first-order valence-corrected chi connectivity index (χ1v) is 8.79. The molecule has 1 saturated heterocycles. The molecule has 0 unspecified atom stereocenters. The van der Waals surface area contributed by atoms with Crippen LogP contribution < -0.4 is 10.2 Å². The van der Waals surface area contributed by atoms with Crippen molar-refractivity contribution in [3.8, 4) is 0 Å². The van der Waals surface area contributed by atoms with Crippen LogP contribution in [0.1, 0.15) is 25.0 Å². The first-order valence-electron chi connectivity index (χ1n) is 8.79. The summed E-state index contributed by atoms with van der Waals surface area (Å²) in [5, 5.41) is 3.14. The second-order valence-electron chi connectivity index (χ2n) is 7.06. The molecule has 0 bridgehead atoms. The summed E-state index contributed by atoms with van der Waals surface area (Å²) in [7, 11) is 0. The van der Waals surface area contributed by atoms with Crippen LogP contribution in [0.4, 0.5) is 11.4 Å². The lowest BCUT2D eigenvalue weighted by atomic mass is 9.83. The molecule has 1 fully saturated rings. The minimum absolute atomic E-state index is 0.00272. The SMILES string of the molecule is Cc1ccc(C(C)(C)C(=O)Nc2ccccc2N2CCOCC2)cc1. The van der Waals surface area contributed by atoms with Crippen molar-refractivity contribution in [1.82, 2.24) is 0 Å². The zero-order valence-electron chi connectivity index (χ0n) is 15.2. The Morgan fingerprint density at radius 3 is 2.36 bits per heavy atom. The van der Waals surface area contributed by atoms with Gasteiger partial charge in [-0.1, -0.05) is 42.0 Å². The van der Waals surface area contributed by atoms with Crippen LogP contribution in [0.15, 0.2) is 48.5 Å². The van der Waals surface area contributed by atoms with Gasteiger partial charge in [0, 0.05) is 13.1 Å². The van der Waals surface area contributed by atoms with E-state index in [2.05, 4.69) is 23.2 Å². The Morgan fingerprint density at radius 2 is 1.68 bits per heavy atom. The number of hydrogen-bond acceptors (Lipinski definition) is 3. The fourth-order valence-corrected chi connectivity index (χ4v) is 3.04. The van der Waals surface area contributed by atoms with Gasteiger partial charge >= 0.3 is 0 Å². The largest absolute Gasteiger partial charge is 0.378 e. The summed E-state index contributed by atoms with van der Waals surface area (Å²) >= 11 is 0. The molecule has 4 heteroatoms. The molecule has 25 heavy (non-hydrogen) atoms. The second kappa shape index (κ2) is 7.28. The summed E-state index contributed by atoms with van der Waals surface area (Å²) in [4.78, 5) is 15.3. The van der Waals surface area contributed by atoms with Crippen LogP contribution in [-0.4, -0.2) is 32.2 Å². The third-order valence-electron chi connectivity index (χ3n) is 4.84. The zero-order chi connectivity index (χ0) is 17.9. The van der Waals surface area contributed by atoms with Crippen molar-refractivity contribution in [2.24, 2.45) is 0 Å². The summed E-state index contributed by atoms with van der Waals surface area (Å²) in [5.41, 5.74) is 3.51. The van der Waals surface area contributed by atoms with Gasteiger partial charge in [0.25, 0.3) is 0 Å². The second-order valence-corrected chi connectivity index (χ2v) is 7.06. The summed E-state index contributed by atoms with van der Waals surface area (Å²) in [6, 6.07) is 16.1. The molecule has 0 spiro atoms. The number of rotatable bonds is 4. The predicted molar refractivity (Wildman–Crippen MR) is 102 cm³/mol. The quantitative estimate of drug-likeness (QED) is 0.923. The molecule has 2 aromatic rings. The zero-order valence-corrected chi connectivity index (χ0v) is 15.2. The number of hydrogen-bond donors (Lipinski definition) is 1. The molecule has 1 aliphatic heterocycles. The number of anilines is 2. The van der Waals surface area contributed by atoms with Crippen LogP contribution in [-0.2, 0) is 14.9 Å². The number of benzene rings is 2. The van der Waals surface area contributed by atoms with E-state index in [0.29, 0.717) is 0 Å². The Bertz CT molecular complexity index is 732. The number of morpholine rings is 1. The number of nitrogens with zero attached hydrogens (tertiary/aromatic N) is 1. The van der Waals surface area contributed by atoms with Gasteiger partial charge in [-0.3, -0.25) is 4.79 Å². The lowest BCUT2D eigenvalue weighted by molar-refractivity contribution is -0.120. The third kappa shape index (κ3) is 3.85. The fraction of sp³-hybridized carbons (Fsp3) is 0.381. The fourth-order valence-electron chi connectivity index (χ4n) is 3.04. The maximum Gasteiger partial charge on any atom is 0.234 e. The van der Waals surface area contributed by atoms with Crippen molar-refractivity contribution in [3.05, 3.63) is 59.7 Å². The summed E-state index contributed by atoms with van der Waals surface area (Å²) in [5.74, 6) is -0.00272. The first-order chi connectivity index (χ1) is 12.0. The van der Waals surface area contributed by atoms with Gasteiger partial charge in [-0.15, -0.1) is 0 Å². The van der Waals surface area contributed by atoms with E-state index in [1.165, 1.54) is 5.56 Å². The van der Waals surface area contributed by atoms with E-state index in [1.807, 2.05) is 56.3 Å². The smallest absolute Gasteiger partial charge is 0.234 e. The van der Waals surface area contributed by atoms with Gasteiger partial charge in [-0.05, 0) is 38.5 Å². The Labute approximate surface area is 149 Å². The molecule has 3 rings (SSSR count). The number of ether oxygens (including phenoxy) is 1. The number of amides is 1. The molecular weight excluding hydrogens is 312 g/mol. The van der Waals surface area contributed by atoms with Crippen LogP contribution in [0.2, 0.25) is 0 Å². The standard InChI is InChI=1S/C21H26N2O2/c1-16-8-10-17(11-9-16)21(2,3)20(24)22-18-6-4-5-7-19(18)23-12-14-25-15-13-23/h4-11H,12-15H2,1-3H3,(H,22,24). The van der Waals surface area contributed by atoms with E-state index < -0.39 is 5.41 Å². The Kier molecular flexibility index (Phi) is 5.09. The van der Waals surface area contributed by atoms with Crippen LogP contribution >= 0.6 is 0 Å². The molecule has 1 amide bonds. The number of carbonyl (C=O) groups excluding carboxylic acids is 1. The van der Waals surface area contributed by atoms with E-state index in [0.717, 1.165) is 43.2 Å². The highest BCUT2D eigenvalue weighted by atomic mass is 16.5. The lowest BCUT2D eigenvalue weighted by Crippen LogP contribution is -2.38. The number of para-hydroxylation sites is 2. The van der Waals surface area contributed by atoms with E-state index in [-0.39, 0.29) is 5.91 Å². The van der Waals surface area contributed by atoms with Gasteiger partial charge in [0.15, 0.2) is 0 Å². The molecule has 0 saturated carbocycles. The number of aryl methyl sites for hydroxylation is 1. The minimum atomic E-state index is -0.605. The van der Waals surface area contributed by atoms with Crippen molar-refractivity contribution < 1.29 is 9.53 Å². The van der Waals surface area contributed by atoms with Gasteiger partial charge < -0.3 is 15.0 Å². The predicted octanol–water partition coefficient (Wildman–Crippen LogP) is 3.75. The number of carbonyl (C=O) groups is 1. The Morgan fingerprint density at radius 1 is 1.04 bits per heavy atom. The molecule has 132 valence electrons. The minimum Gasteiger partial charge on any atom is -0.378 e. The molecule has 0 aromatic heterocycles. The van der Waals surface area contributed by atoms with E-state index in [1.54, 1.807) is 0 Å². The molecular formula is C21H26N2O2. The van der Waals surface area contributed by atoms with Gasteiger partial charge in [-0.25, -0.2) is 0 Å². The molecule has 4 nitrogen and oxygen atoms in total. The highest BCUT2D eigenvalue weighted by molar-refractivity contribution is 6.00. The van der Waals surface area contributed by atoms with Crippen LogP contribution in [0.5, 0.6) is 0 Å². The molecule has 2 aromatic carbocycles. The van der Waals surface area contributed by atoms with Crippen molar-refractivity contribution in [1.29, 1.82) is 0 Å². The Balaban J connectivity index is 1.82. The summed E-state index contributed by atoms with van der Waals surface area (Å²) in [6.45, 7) is 9.10. The monoisotopic (exact) mass is 338 g/mol. The molecule has 0 radical (unpaired) electrons. The topological polar surface area (TPSA) is 41.6 Å². The van der Waals surface area contributed by atoms with Crippen LogP contribution in [0, 0.1) is 6.92 Å². The molecule has 1 N–H and O–H groups in total. The van der Waals surface area contributed by atoms with Crippen LogP contribution in [0.25, 0.3) is 0 Å². The lowest BCUT2D eigenvalue weighted by Gasteiger charge is -2.31. The molecule has 1 aliphatic rings. The van der Waals surface area contributed by atoms with Crippen molar-refractivity contribution >= 4 is 17.3 Å². The van der Waals surface area contributed by atoms with Gasteiger partial charge in [0.05, 0.1) is 30.0 Å². The summed E-state index contributed by atoms with van der Waals surface area (Å²) < 4.78 is 5.43. The molecule has 1 heterocycles. The maximum absolute atomic E-state index is 13.0. The maximum atomic E-state index is 13.0. The Hall–Kier alpha value is -2.33. The van der Waals surface area contributed by atoms with E-state index in [4.69, 9.17) is 4.74 Å².